The molecule has 1 aromatic rings. The molecule has 1 aromatic carbocycles. The molecule has 0 saturated heterocycles. The summed E-state index contributed by atoms with van der Waals surface area (Å²) >= 11 is 0. The van der Waals surface area contributed by atoms with Crippen molar-refractivity contribution in [2.45, 2.75) is 45.4 Å². The highest BCUT2D eigenvalue weighted by molar-refractivity contribution is 7.89. The van der Waals surface area contributed by atoms with Gasteiger partial charge >= 0.3 is 0 Å². The molecule has 0 bridgehead atoms. The van der Waals surface area contributed by atoms with E-state index in [1.807, 2.05) is 19.1 Å². The van der Waals surface area contributed by atoms with Crippen molar-refractivity contribution in [3.8, 4) is 0 Å². The van der Waals surface area contributed by atoms with Crippen LogP contribution >= 0.6 is 0 Å². The number of hydrogen-bond donors (Lipinski definition) is 2. The van der Waals surface area contributed by atoms with Crippen LogP contribution in [0.15, 0.2) is 29.2 Å². The van der Waals surface area contributed by atoms with Crippen molar-refractivity contribution in [1.82, 2.24) is 4.72 Å². The van der Waals surface area contributed by atoms with Gasteiger partial charge in [-0.3, -0.25) is 0 Å². The maximum atomic E-state index is 11.9. The number of anilines is 1. The predicted octanol–water partition coefficient (Wildman–Crippen LogP) is 3.22. The van der Waals surface area contributed by atoms with Gasteiger partial charge in [-0.2, -0.15) is 0 Å². The number of nitrogens with one attached hydrogen (secondary N) is 2. The Morgan fingerprint density at radius 1 is 1.05 bits per heavy atom. The van der Waals surface area contributed by atoms with Gasteiger partial charge in [0.25, 0.3) is 0 Å². The minimum absolute atomic E-state index is 0.292. The summed E-state index contributed by atoms with van der Waals surface area (Å²) in [7, 11) is -3.36. The van der Waals surface area contributed by atoms with Crippen molar-refractivity contribution in [2.75, 3.05) is 18.4 Å². The Labute approximate surface area is 123 Å². The fourth-order valence-corrected chi connectivity index (χ4v) is 2.79. The van der Waals surface area contributed by atoms with Crippen LogP contribution in [-0.2, 0) is 10.0 Å². The van der Waals surface area contributed by atoms with Crippen molar-refractivity contribution in [1.29, 1.82) is 0 Å². The van der Waals surface area contributed by atoms with Gasteiger partial charge in [0.05, 0.1) is 4.90 Å². The van der Waals surface area contributed by atoms with Crippen LogP contribution in [0.1, 0.15) is 40.5 Å². The highest BCUT2D eigenvalue weighted by Crippen LogP contribution is 2.19. The third-order valence-electron chi connectivity index (χ3n) is 2.91. The summed E-state index contributed by atoms with van der Waals surface area (Å²) in [5.74, 6) is 0. The van der Waals surface area contributed by atoms with Crippen molar-refractivity contribution >= 4 is 15.7 Å². The molecule has 0 aromatic heterocycles. The van der Waals surface area contributed by atoms with Gasteiger partial charge in [-0.25, -0.2) is 13.1 Å². The standard InChI is InChI=1S/C15H26N2O2S/c1-5-11-17-20(18,19)14-8-6-13(7-9-14)16-12-10-15(2,3)4/h6-9,16-17H,5,10-12H2,1-4H3. The van der Waals surface area contributed by atoms with Crippen LogP contribution in [0.4, 0.5) is 5.69 Å². The minimum Gasteiger partial charge on any atom is -0.385 e. The molecule has 5 heteroatoms. The highest BCUT2D eigenvalue weighted by Gasteiger charge is 2.13. The zero-order valence-corrected chi connectivity index (χ0v) is 13.7. The number of hydrogen-bond acceptors (Lipinski definition) is 3. The molecule has 2 N–H and O–H groups in total. The van der Waals surface area contributed by atoms with Crippen LogP contribution in [-0.4, -0.2) is 21.5 Å². The first-order valence-corrected chi connectivity index (χ1v) is 8.56. The van der Waals surface area contributed by atoms with E-state index in [0.717, 1.165) is 25.1 Å². The number of sulfonamides is 1. The van der Waals surface area contributed by atoms with E-state index < -0.39 is 10.0 Å². The molecule has 4 nitrogen and oxygen atoms in total. The van der Waals surface area contributed by atoms with Gasteiger partial charge in [-0.15, -0.1) is 0 Å². The second kappa shape index (κ2) is 7.09. The first-order chi connectivity index (χ1) is 9.24. The van der Waals surface area contributed by atoms with Crippen LogP contribution in [0.3, 0.4) is 0 Å². The van der Waals surface area contributed by atoms with Gasteiger partial charge in [-0.1, -0.05) is 27.7 Å². The lowest BCUT2D eigenvalue weighted by Gasteiger charge is -2.18. The van der Waals surface area contributed by atoms with Crippen LogP contribution in [0, 0.1) is 5.41 Å². The fourth-order valence-electron chi connectivity index (χ4n) is 1.65. The Morgan fingerprint density at radius 2 is 1.65 bits per heavy atom. The fraction of sp³-hybridized carbons (Fsp3) is 0.600. The average Bonchev–Trinajstić information content (AvgIpc) is 2.35. The summed E-state index contributed by atoms with van der Waals surface area (Å²) in [5, 5.41) is 3.31. The Kier molecular flexibility index (Phi) is 6.02. The molecule has 0 atom stereocenters. The smallest absolute Gasteiger partial charge is 0.240 e. The molecule has 0 saturated carbocycles. The van der Waals surface area contributed by atoms with Crippen LogP contribution in [0.25, 0.3) is 0 Å². The summed E-state index contributed by atoms with van der Waals surface area (Å²) in [6.07, 6.45) is 1.84. The third-order valence-corrected chi connectivity index (χ3v) is 4.39. The van der Waals surface area contributed by atoms with Crippen molar-refractivity contribution in [2.24, 2.45) is 5.41 Å². The molecule has 20 heavy (non-hydrogen) atoms. The maximum absolute atomic E-state index is 11.9. The lowest BCUT2D eigenvalue weighted by atomic mass is 9.92. The second-order valence-corrected chi connectivity index (χ2v) is 7.93. The van der Waals surface area contributed by atoms with E-state index in [1.54, 1.807) is 12.1 Å². The molecule has 0 fully saturated rings. The Hall–Kier alpha value is -1.07. The molecule has 0 amide bonds. The van der Waals surface area contributed by atoms with Crippen LogP contribution < -0.4 is 10.0 Å². The Balaban J connectivity index is 2.60. The lowest BCUT2D eigenvalue weighted by Crippen LogP contribution is -2.24. The van der Waals surface area contributed by atoms with Gasteiger partial charge < -0.3 is 5.32 Å². The van der Waals surface area contributed by atoms with E-state index in [4.69, 9.17) is 0 Å². The van der Waals surface area contributed by atoms with E-state index in [2.05, 4.69) is 30.8 Å². The van der Waals surface area contributed by atoms with Gasteiger partial charge in [0.2, 0.25) is 10.0 Å². The molecule has 0 aliphatic carbocycles. The molecule has 114 valence electrons. The molecule has 0 heterocycles. The van der Waals surface area contributed by atoms with E-state index >= 15 is 0 Å². The molecule has 0 spiro atoms. The second-order valence-electron chi connectivity index (χ2n) is 6.16. The normalized spacial score (nSPS) is 12.4. The lowest BCUT2D eigenvalue weighted by molar-refractivity contribution is 0.390. The number of benzene rings is 1. The molecule has 0 aliphatic rings. The van der Waals surface area contributed by atoms with Gasteiger partial charge in [0.1, 0.15) is 0 Å². The van der Waals surface area contributed by atoms with Gasteiger partial charge in [0, 0.05) is 18.8 Å². The predicted molar refractivity (Wildman–Crippen MR) is 84.5 cm³/mol. The minimum atomic E-state index is -3.36. The van der Waals surface area contributed by atoms with Gasteiger partial charge in [-0.05, 0) is 42.5 Å². The summed E-state index contributed by atoms with van der Waals surface area (Å²) < 4.78 is 26.4. The van der Waals surface area contributed by atoms with Crippen molar-refractivity contribution in [3.63, 3.8) is 0 Å². The van der Waals surface area contributed by atoms with Crippen LogP contribution in [0.5, 0.6) is 0 Å². The summed E-state index contributed by atoms with van der Waals surface area (Å²) in [6.45, 7) is 9.87. The largest absolute Gasteiger partial charge is 0.385 e. The molecule has 0 radical (unpaired) electrons. The Bertz CT molecular complexity index is 502. The first kappa shape index (κ1) is 17.0. The van der Waals surface area contributed by atoms with Crippen molar-refractivity contribution in [3.05, 3.63) is 24.3 Å². The van der Waals surface area contributed by atoms with Gasteiger partial charge in [0.15, 0.2) is 0 Å². The summed E-state index contributed by atoms with van der Waals surface area (Å²) in [6, 6.07) is 6.89. The summed E-state index contributed by atoms with van der Waals surface area (Å²) in [5.41, 5.74) is 1.24. The zero-order valence-electron chi connectivity index (χ0n) is 12.9. The van der Waals surface area contributed by atoms with E-state index in [9.17, 15) is 8.42 Å². The molecular formula is C15H26N2O2S. The van der Waals surface area contributed by atoms with E-state index in [0.29, 0.717) is 16.9 Å². The number of rotatable bonds is 7. The zero-order chi connectivity index (χ0) is 15.2. The monoisotopic (exact) mass is 298 g/mol. The van der Waals surface area contributed by atoms with Crippen LogP contribution in [0.2, 0.25) is 0 Å². The topological polar surface area (TPSA) is 58.2 Å². The average molecular weight is 298 g/mol. The molecular weight excluding hydrogens is 272 g/mol. The SMILES string of the molecule is CCCNS(=O)(=O)c1ccc(NCCC(C)(C)C)cc1. The third kappa shape index (κ3) is 5.92. The van der Waals surface area contributed by atoms with E-state index in [1.165, 1.54) is 0 Å². The molecule has 0 aliphatic heterocycles. The van der Waals surface area contributed by atoms with E-state index in [-0.39, 0.29) is 0 Å². The van der Waals surface area contributed by atoms with Crippen molar-refractivity contribution < 1.29 is 8.42 Å². The maximum Gasteiger partial charge on any atom is 0.240 e. The summed E-state index contributed by atoms with van der Waals surface area (Å²) in [4.78, 5) is 0.312. The highest BCUT2D eigenvalue weighted by atomic mass is 32.2. The molecule has 0 unspecified atom stereocenters. The Morgan fingerprint density at radius 3 is 2.15 bits per heavy atom. The molecule has 1 rings (SSSR count). The quantitative estimate of drug-likeness (QED) is 0.812. The first-order valence-electron chi connectivity index (χ1n) is 7.08.